The predicted molar refractivity (Wildman–Crippen MR) is 66.7 cm³/mol. The molecule has 98 valence electrons. The summed E-state index contributed by atoms with van der Waals surface area (Å²) in [7, 11) is 1.03. The van der Waals surface area contributed by atoms with E-state index in [2.05, 4.69) is 0 Å². The lowest BCUT2D eigenvalue weighted by molar-refractivity contribution is -0.145. The number of carbonyl (C=O) groups is 1. The summed E-state index contributed by atoms with van der Waals surface area (Å²) in [6.07, 6.45) is 0. The average Bonchev–Trinajstić information content (AvgIpc) is 2.45. The summed E-state index contributed by atoms with van der Waals surface area (Å²) in [6, 6.07) is 0. The van der Waals surface area contributed by atoms with E-state index in [0.717, 1.165) is 0 Å². The van der Waals surface area contributed by atoms with E-state index in [9.17, 15) is 4.79 Å². The fourth-order valence-electron chi connectivity index (χ4n) is 1.74. The first kappa shape index (κ1) is 14.5. The molecule has 0 aromatic rings. The second-order valence-corrected chi connectivity index (χ2v) is 5.80. The highest BCUT2D eigenvalue weighted by Gasteiger charge is 2.54. The summed E-state index contributed by atoms with van der Waals surface area (Å²) in [4.78, 5) is 11.5. The summed E-state index contributed by atoms with van der Waals surface area (Å²) < 4.78 is 16.6. The minimum atomic E-state index is -0.367. The molecule has 4 nitrogen and oxygen atoms in total. The van der Waals surface area contributed by atoms with Crippen molar-refractivity contribution in [3.05, 3.63) is 0 Å². The molecule has 5 heteroatoms. The van der Waals surface area contributed by atoms with Gasteiger partial charge in [0.1, 0.15) is 0 Å². The quantitative estimate of drug-likeness (QED) is 0.562. The van der Waals surface area contributed by atoms with Crippen LogP contribution in [0.4, 0.5) is 0 Å². The standard InChI is InChI=1S/C12H23BO4/c1-8(10(14)15-7)9(2)13-16-11(3,4)12(5,6)17-13/h8-9H,1-7H3/t8-,9+/m0/s1. The van der Waals surface area contributed by atoms with E-state index in [0.29, 0.717) is 0 Å². The first-order valence-electron chi connectivity index (χ1n) is 6.06. The van der Waals surface area contributed by atoms with Crippen molar-refractivity contribution >= 4 is 13.1 Å². The van der Waals surface area contributed by atoms with Gasteiger partial charge in [0.2, 0.25) is 0 Å². The number of carbonyl (C=O) groups excluding carboxylic acids is 1. The Labute approximate surface area is 104 Å². The van der Waals surface area contributed by atoms with Gasteiger partial charge in [-0.1, -0.05) is 13.8 Å². The predicted octanol–water partition coefficient (Wildman–Crippen LogP) is 2.28. The third-order valence-corrected chi connectivity index (χ3v) is 4.06. The Morgan fingerprint density at radius 1 is 1.12 bits per heavy atom. The average molecular weight is 242 g/mol. The maximum atomic E-state index is 11.5. The highest BCUT2D eigenvalue weighted by Crippen LogP contribution is 2.41. The smallest absolute Gasteiger partial charge is 0.461 e. The Morgan fingerprint density at radius 2 is 1.53 bits per heavy atom. The SMILES string of the molecule is COC(=O)[C@@H](C)[C@@H](C)B1OC(C)(C)C(C)(C)O1. The van der Waals surface area contributed by atoms with Crippen LogP contribution in [0.3, 0.4) is 0 Å². The van der Waals surface area contributed by atoms with Crippen LogP contribution in [0, 0.1) is 5.92 Å². The molecular weight excluding hydrogens is 219 g/mol. The number of methoxy groups -OCH3 is 1. The molecular formula is C12H23BO4. The molecule has 0 N–H and O–H groups in total. The monoisotopic (exact) mass is 242 g/mol. The molecule has 1 fully saturated rings. The van der Waals surface area contributed by atoms with E-state index < -0.39 is 0 Å². The van der Waals surface area contributed by atoms with Gasteiger partial charge < -0.3 is 14.0 Å². The van der Waals surface area contributed by atoms with Gasteiger partial charge in [-0.05, 0) is 27.7 Å². The molecule has 0 aromatic carbocycles. The molecule has 1 rings (SSSR count). The molecule has 1 aliphatic rings. The van der Waals surface area contributed by atoms with Crippen molar-refractivity contribution in [2.24, 2.45) is 5.92 Å². The lowest BCUT2D eigenvalue weighted by Gasteiger charge is -2.32. The zero-order chi connectivity index (χ0) is 13.4. The van der Waals surface area contributed by atoms with Crippen LogP contribution in [0.15, 0.2) is 0 Å². The molecule has 1 aliphatic heterocycles. The number of hydrogen-bond donors (Lipinski definition) is 0. The van der Waals surface area contributed by atoms with E-state index in [1.54, 1.807) is 0 Å². The second kappa shape index (κ2) is 4.61. The first-order chi connectivity index (χ1) is 7.62. The molecule has 1 heterocycles. The minimum absolute atomic E-state index is 0.0384. The number of ether oxygens (including phenoxy) is 1. The molecule has 0 radical (unpaired) electrons. The molecule has 0 amide bonds. The first-order valence-corrected chi connectivity index (χ1v) is 6.06. The van der Waals surface area contributed by atoms with Gasteiger partial charge in [0, 0.05) is 5.82 Å². The highest BCUT2D eigenvalue weighted by atomic mass is 16.7. The van der Waals surface area contributed by atoms with Crippen molar-refractivity contribution in [3.8, 4) is 0 Å². The van der Waals surface area contributed by atoms with Crippen LogP contribution in [-0.2, 0) is 18.8 Å². The number of esters is 1. The van der Waals surface area contributed by atoms with Gasteiger partial charge in [0.15, 0.2) is 0 Å². The summed E-state index contributed by atoms with van der Waals surface area (Å²) >= 11 is 0. The molecule has 0 aromatic heterocycles. The maximum absolute atomic E-state index is 11.5. The second-order valence-electron chi connectivity index (χ2n) is 5.80. The van der Waals surface area contributed by atoms with E-state index in [-0.39, 0.29) is 36.0 Å². The number of hydrogen-bond acceptors (Lipinski definition) is 4. The fraction of sp³-hybridized carbons (Fsp3) is 0.917. The Hall–Kier alpha value is -0.545. The van der Waals surface area contributed by atoms with Crippen molar-refractivity contribution < 1.29 is 18.8 Å². The van der Waals surface area contributed by atoms with Gasteiger partial charge in [-0.15, -0.1) is 0 Å². The fourth-order valence-corrected chi connectivity index (χ4v) is 1.74. The third-order valence-electron chi connectivity index (χ3n) is 4.06. The van der Waals surface area contributed by atoms with Crippen molar-refractivity contribution in [1.29, 1.82) is 0 Å². The lowest BCUT2D eigenvalue weighted by atomic mass is 9.66. The van der Waals surface area contributed by atoms with Crippen molar-refractivity contribution in [3.63, 3.8) is 0 Å². The molecule has 0 bridgehead atoms. The van der Waals surface area contributed by atoms with E-state index in [1.165, 1.54) is 7.11 Å². The Kier molecular flexibility index (Phi) is 3.94. The third kappa shape index (κ3) is 2.66. The van der Waals surface area contributed by atoms with Gasteiger partial charge in [0.25, 0.3) is 0 Å². The van der Waals surface area contributed by atoms with E-state index in [1.807, 2.05) is 41.5 Å². The Morgan fingerprint density at radius 3 is 1.88 bits per heavy atom. The van der Waals surface area contributed by atoms with Gasteiger partial charge >= 0.3 is 13.1 Å². The summed E-state index contributed by atoms with van der Waals surface area (Å²) in [5.41, 5.74) is -0.719. The largest absolute Gasteiger partial charge is 0.469 e. The zero-order valence-corrected chi connectivity index (χ0v) is 11.9. The zero-order valence-electron chi connectivity index (χ0n) is 11.9. The maximum Gasteiger partial charge on any atom is 0.461 e. The van der Waals surface area contributed by atoms with E-state index in [4.69, 9.17) is 14.0 Å². The number of rotatable bonds is 3. The van der Waals surface area contributed by atoms with Crippen molar-refractivity contribution in [2.45, 2.75) is 58.6 Å². The van der Waals surface area contributed by atoms with Crippen LogP contribution >= 0.6 is 0 Å². The molecule has 17 heavy (non-hydrogen) atoms. The van der Waals surface area contributed by atoms with Crippen LogP contribution in [0.5, 0.6) is 0 Å². The van der Waals surface area contributed by atoms with Crippen LogP contribution in [0.25, 0.3) is 0 Å². The van der Waals surface area contributed by atoms with Crippen LogP contribution < -0.4 is 0 Å². The van der Waals surface area contributed by atoms with Gasteiger partial charge in [-0.3, -0.25) is 4.79 Å². The van der Waals surface area contributed by atoms with Crippen LogP contribution in [0.2, 0.25) is 5.82 Å². The summed E-state index contributed by atoms with van der Waals surface area (Å²) in [5.74, 6) is -0.509. The van der Waals surface area contributed by atoms with Gasteiger partial charge in [-0.25, -0.2) is 0 Å². The Balaban J connectivity index is 2.74. The summed E-state index contributed by atoms with van der Waals surface area (Å²) in [5, 5.41) is 0. The molecule has 0 spiro atoms. The molecule has 0 aliphatic carbocycles. The summed E-state index contributed by atoms with van der Waals surface area (Å²) in [6.45, 7) is 11.8. The lowest BCUT2D eigenvalue weighted by Crippen LogP contribution is -2.41. The van der Waals surface area contributed by atoms with Crippen molar-refractivity contribution in [1.82, 2.24) is 0 Å². The van der Waals surface area contributed by atoms with Crippen molar-refractivity contribution in [2.75, 3.05) is 7.11 Å². The normalized spacial score (nSPS) is 25.5. The van der Waals surface area contributed by atoms with Crippen LogP contribution in [-0.4, -0.2) is 31.4 Å². The molecule has 0 saturated carbocycles. The van der Waals surface area contributed by atoms with Gasteiger partial charge in [-0.2, -0.15) is 0 Å². The van der Waals surface area contributed by atoms with Gasteiger partial charge in [0.05, 0.1) is 24.2 Å². The Bertz CT molecular complexity index is 285. The molecule has 0 unspecified atom stereocenters. The molecule has 1 saturated heterocycles. The van der Waals surface area contributed by atoms with Crippen LogP contribution in [0.1, 0.15) is 41.5 Å². The van der Waals surface area contributed by atoms with E-state index >= 15 is 0 Å². The minimum Gasteiger partial charge on any atom is -0.469 e. The highest BCUT2D eigenvalue weighted by molar-refractivity contribution is 6.47. The molecule has 2 atom stereocenters. The topological polar surface area (TPSA) is 44.8 Å².